The molecule has 2 saturated heterocycles. The zero-order chi connectivity index (χ0) is 29.4. The number of aliphatic carboxylic acids is 1. The van der Waals surface area contributed by atoms with Crippen LogP contribution in [0.3, 0.4) is 0 Å². The molecule has 0 spiro atoms. The topological polar surface area (TPSA) is 94.9 Å². The minimum atomic E-state index is -0.819. The predicted molar refractivity (Wildman–Crippen MR) is 166 cm³/mol. The summed E-state index contributed by atoms with van der Waals surface area (Å²) in [6.45, 7) is 15.2. The summed E-state index contributed by atoms with van der Waals surface area (Å²) in [5.74, 6) is 0.902. The Morgan fingerprint density at radius 3 is 2.43 bits per heavy atom. The summed E-state index contributed by atoms with van der Waals surface area (Å²) < 4.78 is 5.49. The van der Waals surface area contributed by atoms with E-state index in [1.807, 2.05) is 19.2 Å². The summed E-state index contributed by atoms with van der Waals surface area (Å²) in [6, 6.07) is 8.75. The van der Waals surface area contributed by atoms with Crippen LogP contribution in [0, 0.1) is 19.3 Å². The smallest absolute Gasteiger partial charge is 0.307 e. The number of carbonyl (C=O) groups is 1. The number of pyridine rings is 1. The zero-order valence-corrected chi connectivity index (χ0v) is 25.3. The fourth-order valence-electron chi connectivity index (χ4n) is 6.60. The van der Waals surface area contributed by atoms with Gasteiger partial charge in [0.25, 0.3) is 0 Å². The lowest BCUT2D eigenvalue weighted by Gasteiger charge is -2.40. The molecule has 0 bridgehead atoms. The number of nitrogens with zero attached hydrogens (tertiary/aromatic N) is 6. The number of hydrogen-bond acceptors (Lipinski definition) is 8. The molecule has 3 aliphatic rings. The molecule has 222 valence electrons. The van der Waals surface area contributed by atoms with E-state index in [9.17, 15) is 9.90 Å². The third kappa shape index (κ3) is 5.79. The van der Waals surface area contributed by atoms with Crippen LogP contribution >= 0.6 is 0 Å². The zero-order valence-electron chi connectivity index (χ0n) is 25.3. The van der Waals surface area contributed by atoms with E-state index in [0.29, 0.717) is 18.6 Å². The number of morpholine rings is 1. The highest BCUT2D eigenvalue weighted by Gasteiger charge is 2.31. The number of ether oxygens (including phenoxy) is 1. The number of benzene rings is 1. The molecule has 0 atom stereocenters. The Morgan fingerprint density at radius 1 is 0.929 bits per heavy atom. The van der Waals surface area contributed by atoms with Crippen LogP contribution in [0.25, 0.3) is 11.1 Å². The highest BCUT2D eigenvalue weighted by atomic mass is 16.5. The molecule has 0 unspecified atom stereocenters. The molecule has 5 heterocycles. The van der Waals surface area contributed by atoms with Crippen molar-refractivity contribution in [3.8, 4) is 11.1 Å². The van der Waals surface area contributed by atoms with Crippen molar-refractivity contribution in [3.63, 3.8) is 0 Å². The highest BCUT2D eigenvalue weighted by molar-refractivity contribution is 5.86. The van der Waals surface area contributed by atoms with Gasteiger partial charge in [0.2, 0.25) is 5.95 Å². The number of fused-ring (bicyclic) bond motifs is 1. The number of carboxylic acid groups (broad SMARTS) is 1. The number of hydrogen-bond donors (Lipinski definition) is 1. The molecular weight excluding hydrogens is 528 g/mol. The SMILES string of the molecule is Cc1nc(C)c(-c2ccc3c(c2)CCN(c2ccnc(N4CCOCC4)n2)C3)c(N2CCC(C)(C)CC2)c1CC(=O)O. The van der Waals surface area contributed by atoms with E-state index in [1.165, 1.54) is 11.1 Å². The maximum atomic E-state index is 12.0. The van der Waals surface area contributed by atoms with Crippen molar-refractivity contribution < 1.29 is 14.6 Å². The van der Waals surface area contributed by atoms with Gasteiger partial charge in [-0.2, -0.15) is 4.98 Å². The first kappa shape index (κ1) is 28.4. The fraction of sp³-hybridized carbons (Fsp3) is 0.515. The van der Waals surface area contributed by atoms with Crippen molar-refractivity contribution in [2.45, 2.75) is 59.9 Å². The molecule has 9 heteroatoms. The Kier molecular flexibility index (Phi) is 7.79. The Morgan fingerprint density at radius 2 is 1.69 bits per heavy atom. The molecule has 0 saturated carbocycles. The minimum Gasteiger partial charge on any atom is -0.481 e. The van der Waals surface area contributed by atoms with E-state index >= 15 is 0 Å². The Hall–Kier alpha value is -3.72. The molecule has 2 aromatic heterocycles. The second kappa shape index (κ2) is 11.5. The molecule has 3 aromatic rings. The van der Waals surface area contributed by atoms with E-state index in [1.54, 1.807) is 0 Å². The van der Waals surface area contributed by atoms with Crippen LogP contribution in [-0.4, -0.2) is 72.0 Å². The summed E-state index contributed by atoms with van der Waals surface area (Å²) in [5, 5.41) is 9.83. The van der Waals surface area contributed by atoms with E-state index in [4.69, 9.17) is 14.7 Å². The molecular formula is C33H42N6O3. The Balaban J connectivity index is 1.32. The quantitative estimate of drug-likeness (QED) is 0.448. The van der Waals surface area contributed by atoms with Crippen LogP contribution in [0.2, 0.25) is 0 Å². The molecule has 0 amide bonds. The fourth-order valence-corrected chi connectivity index (χ4v) is 6.60. The largest absolute Gasteiger partial charge is 0.481 e. The number of piperidine rings is 1. The summed E-state index contributed by atoms with van der Waals surface area (Å²) in [6.07, 6.45) is 4.91. The number of anilines is 3. The normalized spacial score (nSPS) is 18.6. The van der Waals surface area contributed by atoms with Crippen LogP contribution in [0.4, 0.5) is 17.5 Å². The summed E-state index contributed by atoms with van der Waals surface area (Å²) in [4.78, 5) is 33.2. The van der Waals surface area contributed by atoms with Crippen molar-refractivity contribution in [2.24, 2.45) is 5.41 Å². The lowest BCUT2D eigenvalue weighted by atomic mass is 9.82. The first-order valence-electron chi connectivity index (χ1n) is 15.2. The Bertz CT molecular complexity index is 1470. The van der Waals surface area contributed by atoms with Gasteiger partial charge in [-0.25, -0.2) is 4.98 Å². The Labute approximate surface area is 248 Å². The van der Waals surface area contributed by atoms with Gasteiger partial charge in [-0.3, -0.25) is 9.78 Å². The average Bonchev–Trinajstić information content (AvgIpc) is 2.98. The second-order valence-corrected chi connectivity index (χ2v) is 12.7. The van der Waals surface area contributed by atoms with Gasteiger partial charge in [0.05, 0.1) is 25.3 Å². The van der Waals surface area contributed by atoms with E-state index in [-0.39, 0.29) is 6.42 Å². The van der Waals surface area contributed by atoms with E-state index in [2.05, 4.69) is 58.7 Å². The van der Waals surface area contributed by atoms with Crippen LogP contribution in [0.15, 0.2) is 30.5 Å². The minimum absolute atomic E-state index is 0.0212. The molecule has 6 rings (SSSR count). The molecule has 42 heavy (non-hydrogen) atoms. The van der Waals surface area contributed by atoms with Gasteiger partial charge in [0.1, 0.15) is 5.82 Å². The van der Waals surface area contributed by atoms with Gasteiger partial charge in [0.15, 0.2) is 0 Å². The first-order valence-corrected chi connectivity index (χ1v) is 15.2. The molecule has 0 aliphatic carbocycles. The third-order valence-electron chi connectivity index (χ3n) is 9.17. The van der Waals surface area contributed by atoms with Gasteiger partial charge in [-0.15, -0.1) is 0 Å². The number of aryl methyl sites for hydroxylation is 2. The summed E-state index contributed by atoms with van der Waals surface area (Å²) >= 11 is 0. The number of aromatic nitrogens is 3. The van der Waals surface area contributed by atoms with Crippen molar-refractivity contribution in [1.29, 1.82) is 0 Å². The maximum absolute atomic E-state index is 12.0. The molecule has 1 aromatic carbocycles. The second-order valence-electron chi connectivity index (χ2n) is 12.7. The average molecular weight is 571 g/mol. The monoisotopic (exact) mass is 570 g/mol. The van der Waals surface area contributed by atoms with Crippen molar-refractivity contribution >= 4 is 23.4 Å². The van der Waals surface area contributed by atoms with Gasteiger partial charge in [0, 0.05) is 68.0 Å². The standard InChI is InChI=1S/C33H42N6O3/c1-22-27(20-29(40)41)31(37-13-9-33(3,4)10-14-37)30(23(2)35-22)25-5-6-26-21-39(12-8-24(26)19-25)28-7-11-34-32(36-28)38-15-17-42-18-16-38/h5-7,11,19H,8-10,12-18,20-21H2,1-4H3,(H,40,41). The van der Waals surface area contributed by atoms with Gasteiger partial charge >= 0.3 is 5.97 Å². The van der Waals surface area contributed by atoms with Crippen LogP contribution < -0.4 is 14.7 Å². The predicted octanol–water partition coefficient (Wildman–Crippen LogP) is 4.81. The lowest BCUT2D eigenvalue weighted by molar-refractivity contribution is -0.136. The first-order chi connectivity index (χ1) is 20.2. The summed E-state index contributed by atoms with van der Waals surface area (Å²) in [5.41, 5.74) is 8.79. The van der Waals surface area contributed by atoms with Crippen molar-refractivity contribution in [1.82, 2.24) is 15.0 Å². The van der Waals surface area contributed by atoms with Crippen LogP contribution in [-0.2, 0) is 28.9 Å². The third-order valence-corrected chi connectivity index (χ3v) is 9.17. The van der Waals surface area contributed by atoms with E-state index < -0.39 is 5.97 Å². The van der Waals surface area contributed by atoms with Crippen LogP contribution in [0.1, 0.15) is 54.8 Å². The lowest BCUT2D eigenvalue weighted by Crippen LogP contribution is -2.38. The maximum Gasteiger partial charge on any atom is 0.307 e. The van der Waals surface area contributed by atoms with Gasteiger partial charge in [-0.05, 0) is 61.3 Å². The van der Waals surface area contributed by atoms with Crippen LogP contribution in [0.5, 0.6) is 0 Å². The molecule has 0 radical (unpaired) electrons. The highest BCUT2D eigenvalue weighted by Crippen LogP contribution is 2.42. The number of rotatable bonds is 6. The van der Waals surface area contributed by atoms with E-state index in [0.717, 1.165) is 104 Å². The molecule has 1 N–H and O–H groups in total. The number of carboxylic acids is 1. The molecule has 2 fully saturated rings. The molecule has 9 nitrogen and oxygen atoms in total. The van der Waals surface area contributed by atoms with Crippen molar-refractivity contribution in [3.05, 3.63) is 58.5 Å². The van der Waals surface area contributed by atoms with Gasteiger partial charge in [-0.1, -0.05) is 32.0 Å². The van der Waals surface area contributed by atoms with Crippen molar-refractivity contribution in [2.75, 3.05) is 60.6 Å². The summed E-state index contributed by atoms with van der Waals surface area (Å²) in [7, 11) is 0. The van der Waals surface area contributed by atoms with Gasteiger partial charge < -0.3 is 24.5 Å². The molecule has 3 aliphatic heterocycles.